The number of methoxy groups -OCH3 is 1. The van der Waals surface area contributed by atoms with Gasteiger partial charge in [-0.2, -0.15) is 4.72 Å². The highest BCUT2D eigenvalue weighted by atomic mass is 32.2. The standard InChI is InChI=1S/C13H18N2O7S/c1-8(2)6-10(13(16)17)14-23(20,21)9-4-5-12(22-3)11(7-9)15(18)19/h4-5,7-8,10,14H,6H2,1-3H3,(H,16,17). The molecule has 1 rings (SSSR count). The normalized spacial score (nSPS) is 12.9. The van der Waals surface area contributed by atoms with Crippen molar-refractivity contribution in [3.8, 4) is 5.75 Å². The van der Waals surface area contributed by atoms with Crippen LogP contribution in [0.4, 0.5) is 5.69 Å². The Morgan fingerprint density at radius 1 is 1.43 bits per heavy atom. The van der Waals surface area contributed by atoms with Crippen molar-refractivity contribution in [2.75, 3.05) is 7.11 Å². The fraction of sp³-hybridized carbons (Fsp3) is 0.462. The highest BCUT2D eigenvalue weighted by molar-refractivity contribution is 7.89. The number of nitrogens with one attached hydrogen (secondary N) is 1. The first-order valence-corrected chi connectivity index (χ1v) is 8.14. The lowest BCUT2D eigenvalue weighted by atomic mass is 10.1. The number of nitro groups is 1. The molecule has 9 nitrogen and oxygen atoms in total. The molecule has 128 valence electrons. The second-order valence-electron chi connectivity index (χ2n) is 5.23. The van der Waals surface area contributed by atoms with Gasteiger partial charge in [0.1, 0.15) is 6.04 Å². The summed E-state index contributed by atoms with van der Waals surface area (Å²) in [6.07, 6.45) is 0.0901. The quantitative estimate of drug-likeness (QED) is 0.536. The average molecular weight is 346 g/mol. The summed E-state index contributed by atoms with van der Waals surface area (Å²) in [6.45, 7) is 3.50. The van der Waals surface area contributed by atoms with Crippen LogP contribution in [0.5, 0.6) is 5.75 Å². The molecule has 0 aliphatic rings. The van der Waals surface area contributed by atoms with Gasteiger partial charge in [0, 0.05) is 6.07 Å². The van der Waals surface area contributed by atoms with Gasteiger partial charge < -0.3 is 9.84 Å². The van der Waals surface area contributed by atoms with E-state index in [9.17, 15) is 23.3 Å². The topological polar surface area (TPSA) is 136 Å². The molecule has 0 aliphatic heterocycles. The van der Waals surface area contributed by atoms with E-state index < -0.39 is 37.5 Å². The number of carboxylic acids is 1. The largest absolute Gasteiger partial charge is 0.490 e. The van der Waals surface area contributed by atoms with E-state index in [-0.39, 0.29) is 18.1 Å². The van der Waals surface area contributed by atoms with Gasteiger partial charge in [-0.1, -0.05) is 13.8 Å². The highest BCUT2D eigenvalue weighted by Crippen LogP contribution is 2.29. The maximum atomic E-state index is 12.3. The molecule has 1 aromatic rings. The number of sulfonamides is 1. The average Bonchev–Trinajstić information content (AvgIpc) is 2.44. The van der Waals surface area contributed by atoms with Crippen LogP contribution in [-0.2, 0) is 14.8 Å². The molecule has 2 N–H and O–H groups in total. The monoisotopic (exact) mass is 346 g/mol. The van der Waals surface area contributed by atoms with E-state index in [0.29, 0.717) is 0 Å². The van der Waals surface area contributed by atoms with Gasteiger partial charge in [0.05, 0.1) is 16.9 Å². The molecule has 0 fully saturated rings. The van der Waals surface area contributed by atoms with E-state index in [2.05, 4.69) is 4.72 Å². The molecule has 0 amide bonds. The number of nitro benzene ring substituents is 1. The molecular formula is C13H18N2O7S. The van der Waals surface area contributed by atoms with Gasteiger partial charge in [-0.3, -0.25) is 14.9 Å². The molecule has 0 aliphatic carbocycles. The Balaban J connectivity index is 3.20. The fourth-order valence-electron chi connectivity index (χ4n) is 1.91. The van der Waals surface area contributed by atoms with E-state index in [0.717, 1.165) is 18.2 Å². The second-order valence-corrected chi connectivity index (χ2v) is 6.95. The molecule has 0 aromatic heterocycles. The van der Waals surface area contributed by atoms with E-state index >= 15 is 0 Å². The first-order chi connectivity index (χ1) is 10.6. The maximum Gasteiger partial charge on any atom is 0.321 e. The lowest BCUT2D eigenvalue weighted by Gasteiger charge is -2.16. The highest BCUT2D eigenvalue weighted by Gasteiger charge is 2.28. The SMILES string of the molecule is COc1ccc(S(=O)(=O)NC(CC(C)C)C(=O)O)cc1[N+](=O)[O-]. The first kappa shape index (κ1) is 18.8. The number of rotatable bonds is 8. The third kappa shape index (κ3) is 4.89. The van der Waals surface area contributed by atoms with Crippen molar-refractivity contribution in [1.29, 1.82) is 0 Å². The number of hydrogen-bond donors (Lipinski definition) is 2. The van der Waals surface area contributed by atoms with Gasteiger partial charge >= 0.3 is 11.7 Å². The smallest absolute Gasteiger partial charge is 0.321 e. The van der Waals surface area contributed by atoms with Crippen molar-refractivity contribution in [2.45, 2.75) is 31.2 Å². The van der Waals surface area contributed by atoms with Crippen LogP contribution in [0.25, 0.3) is 0 Å². The van der Waals surface area contributed by atoms with Crippen molar-refractivity contribution >= 4 is 21.7 Å². The van der Waals surface area contributed by atoms with Crippen LogP contribution in [0.3, 0.4) is 0 Å². The van der Waals surface area contributed by atoms with Crippen LogP contribution in [0, 0.1) is 16.0 Å². The lowest BCUT2D eigenvalue weighted by Crippen LogP contribution is -2.41. The van der Waals surface area contributed by atoms with Crippen LogP contribution in [0.1, 0.15) is 20.3 Å². The van der Waals surface area contributed by atoms with Crippen LogP contribution >= 0.6 is 0 Å². The maximum absolute atomic E-state index is 12.3. The zero-order chi connectivity index (χ0) is 17.8. The number of aliphatic carboxylic acids is 1. The van der Waals surface area contributed by atoms with Crippen molar-refractivity contribution < 1.29 is 28.0 Å². The Morgan fingerprint density at radius 2 is 2.04 bits per heavy atom. The van der Waals surface area contributed by atoms with Gasteiger partial charge in [-0.25, -0.2) is 8.42 Å². The number of nitrogens with zero attached hydrogens (tertiary/aromatic N) is 1. The number of hydrogen-bond acceptors (Lipinski definition) is 6. The molecule has 10 heteroatoms. The first-order valence-electron chi connectivity index (χ1n) is 6.66. The Hall–Kier alpha value is -2.20. The summed E-state index contributed by atoms with van der Waals surface area (Å²) in [5.41, 5.74) is -0.522. The molecule has 0 spiro atoms. The van der Waals surface area contributed by atoms with Crippen molar-refractivity contribution in [1.82, 2.24) is 4.72 Å². The van der Waals surface area contributed by atoms with Crippen molar-refractivity contribution in [2.24, 2.45) is 5.92 Å². The van der Waals surface area contributed by atoms with Crippen molar-refractivity contribution in [3.05, 3.63) is 28.3 Å². The minimum absolute atomic E-state index is 0.0518. The molecule has 0 radical (unpaired) electrons. The van der Waals surface area contributed by atoms with Gasteiger partial charge in [0.2, 0.25) is 10.0 Å². The summed E-state index contributed by atoms with van der Waals surface area (Å²) in [6, 6.07) is 1.77. The Kier molecular flexibility index (Phi) is 6.05. The molecular weight excluding hydrogens is 328 g/mol. The predicted molar refractivity (Wildman–Crippen MR) is 80.8 cm³/mol. The summed E-state index contributed by atoms with van der Waals surface area (Å²) >= 11 is 0. The third-order valence-electron chi connectivity index (χ3n) is 2.96. The molecule has 1 atom stereocenters. The molecule has 1 unspecified atom stereocenters. The van der Waals surface area contributed by atoms with Crippen LogP contribution in [0.2, 0.25) is 0 Å². The van der Waals surface area contributed by atoms with E-state index in [4.69, 9.17) is 9.84 Å². The molecule has 23 heavy (non-hydrogen) atoms. The molecule has 0 heterocycles. The Morgan fingerprint density at radius 3 is 2.48 bits per heavy atom. The minimum Gasteiger partial charge on any atom is -0.490 e. The van der Waals surface area contributed by atoms with Crippen molar-refractivity contribution in [3.63, 3.8) is 0 Å². The van der Waals surface area contributed by atoms with E-state index in [1.54, 1.807) is 13.8 Å². The summed E-state index contributed by atoms with van der Waals surface area (Å²) in [7, 11) is -3.00. The molecule has 0 bridgehead atoms. The summed E-state index contributed by atoms with van der Waals surface area (Å²) in [5, 5.41) is 20.1. The summed E-state index contributed by atoms with van der Waals surface area (Å²) in [5.74, 6) is -1.46. The predicted octanol–water partition coefficient (Wildman–Crippen LogP) is 1.38. The van der Waals surface area contributed by atoms with Gasteiger partial charge in [0.15, 0.2) is 5.75 Å². The zero-order valence-corrected chi connectivity index (χ0v) is 13.7. The zero-order valence-electron chi connectivity index (χ0n) is 12.8. The van der Waals surface area contributed by atoms with Gasteiger partial charge in [-0.15, -0.1) is 0 Å². The van der Waals surface area contributed by atoms with Crippen LogP contribution in [0.15, 0.2) is 23.1 Å². The summed E-state index contributed by atoms with van der Waals surface area (Å²) in [4.78, 5) is 20.9. The van der Waals surface area contributed by atoms with E-state index in [1.165, 1.54) is 7.11 Å². The van der Waals surface area contributed by atoms with Gasteiger partial charge in [-0.05, 0) is 24.5 Å². The fourth-order valence-corrected chi connectivity index (χ4v) is 3.13. The molecule has 0 saturated heterocycles. The molecule has 0 saturated carbocycles. The third-order valence-corrected chi connectivity index (χ3v) is 4.43. The van der Waals surface area contributed by atoms with Crippen LogP contribution < -0.4 is 9.46 Å². The van der Waals surface area contributed by atoms with Crippen LogP contribution in [-0.4, -0.2) is 37.6 Å². The van der Waals surface area contributed by atoms with Gasteiger partial charge in [0.25, 0.3) is 0 Å². The Labute approximate surface area is 133 Å². The number of benzene rings is 1. The Bertz CT molecular complexity index is 700. The lowest BCUT2D eigenvalue weighted by molar-refractivity contribution is -0.386. The van der Waals surface area contributed by atoms with E-state index in [1.807, 2.05) is 0 Å². The number of carbonyl (C=O) groups is 1. The minimum atomic E-state index is -4.22. The number of carboxylic acid groups (broad SMARTS) is 1. The number of ether oxygens (including phenoxy) is 1. The molecule has 1 aromatic carbocycles. The second kappa shape index (κ2) is 7.38. The summed E-state index contributed by atoms with van der Waals surface area (Å²) < 4.78 is 31.4.